The molecular weight excluding hydrogens is 566 g/mol. The molecule has 212 valence electrons. The maximum absolute atomic E-state index is 14.4. The molecule has 0 saturated carbocycles. The van der Waals surface area contributed by atoms with Crippen molar-refractivity contribution in [1.29, 1.82) is 0 Å². The van der Waals surface area contributed by atoms with Gasteiger partial charge in [-0.1, -0.05) is 146 Å². The van der Waals surface area contributed by atoms with Crippen molar-refractivity contribution >= 4 is 35.5 Å². The Bertz CT molecular complexity index is 1630. The van der Waals surface area contributed by atoms with Crippen LogP contribution in [0.5, 0.6) is 11.5 Å². The minimum Gasteiger partial charge on any atom is -0.457 e. The first-order valence-electron chi connectivity index (χ1n) is 14.3. The number of hydrogen-bond acceptors (Lipinski definition) is 3. The number of ether oxygens (including phenoxy) is 1. The second-order valence-electron chi connectivity index (χ2n) is 10.5. The monoisotopic (exact) mass is 598 g/mol. The Hall–Kier alpha value is -4.42. The van der Waals surface area contributed by atoms with Gasteiger partial charge in [0.1, 0.15) is 25.8 Å². The summed E-state index contributed by atoms with van der Waals surface area (Å²) in [5.41, 5.74) is 1.97. The molecule has 5 heteroatoms. The minimum absolute atomic E-state index is 0.429. The summed E-state index contributed by atoms with van der Waals surface area (Å²) in [5.74, 6) is 1.40. The first kappa shape index (κ1) is 28.7. The van der Waals surface area contributed by atoms with Crippen LogP contribution in [0.4, 0.5) is 0 Å². The lowest BCUT2D eigenvalue weighted by molar-refractivity contribution is 0.482. The molecule has 0 atom stereocenters. The fraction of sp³-hybridized carbons (Fsp3) is 0.0526. The number of rotatable bonds is 10. The zero-order valence-electron chi connectivity index (χ0n) is 23.7. The predicted molar refractivity (Wildman–Crippen MR) is 180 cm³/mol. The third-order valence-corrected chi connectivity index (χ3v) is 13.7. The smallest absolute Gasteiger partial charge is 0.147 e. The van der Waals surface area contributed by atoms with E-state index in [9.17, 15) is 9.13 Å². The van der Waals surface area contributed by atoms with Crippen LogP contribution in [0.25, 0.3) is 0 Å². The Labute approximate surface area is 253 Å². The van der Waals surface area contributed by atoms with Crippen molar-refractivity contribution in [2.75, 3.05) is 0 Å². The predicted octanol–water partition coefficient (Wildman–Crippen LogP) is 8.51. The lowest BCUT2D eigenvalue weighted by Crippen LogP contribution is -2.17. The summed E-state index contributed by atoms with van der Waals surface area (Å²) in [6.45, 7) is 0. The third-order valence-electron chi connectivity index (χ3n) is 7.59. The van der Waals surface area contributed by atoms with Crippen LogP contribution in [0, 0.1) is 0 Å². The van der Waals surface area contributed by atoms with Gasteiger partial charge < -0.3 is 13.9 Å². The Morgan fingerprint density at radius 2 is 0.605 bits per heavy atom. The Kier molecular flexibility index (Phi) is 8.57. The zero-order chi connectivity index (χ0) is 29.5. The third kappa shape index (κ3) is 6.50. The van der Waals surface area contributed by atoms with Gasteiger partial charge in [-0.05, 0) is 35.4 Å². The van der Waals surface area contributed by atoms with Crippen LogP contribution in [0.2, 0.25) is 0 Å². The highest BCUT2D eigenvalue weighted by Gasteiger charge is 2.28. The highest BCUT2D eigenvalue weighted by molar-refractivity contribution is 7.78. The van der Waals surface area contributed by atoms with Crippen LogP contribution in [0.15, 0.2) is 170 Å². The molecule has 0 spiro atoms. The molecule has 6 rings (SSSR count). The van der Waals surface area contributed by atoms with E-state index in [0.29, 0.717) is 23.8 Å². The standard InChI is InChI=1S/C38H32O3P2/c39-42(35-13-5-1-6-14-35,36-15-7-2-8-16-36)29-31-21-25-33(26-22-31)41-34-27-23-32(24-28-34)30-43(40,37-17-9-3-10-18-37)38-19-11-4-12-20-38/h1-28H,29-30H2. The molecule has 6 aromatic rings. The SMILES string of the molecule is O=P(Cc1ccc(Oc2ccc(CP(=O)(c3ccccc3)c3ccccc3)cc2)cc1)(c1ccccc1)c1ccccc1. The van der Waals surface area contributed by atoms with Crippen molar-refractivity contribution in [1.82, 2.24) is 0 Å². The van der Waals surface area contributed by atoms with E-state index in [0.717, 1.165) is 32.3 Å². The van der Waals surface area contributed by atoms with Crippen LogP contribution in [-0.2, 0) is 21.5 Å². The van der Waals surface area contributed by atoms with E-state index < -0.39 is 14.3 Å². The van der Waals surface area contributed by atoms with E-state index >= 15 is 0 Å². The number of hydrogen-bond donors (Lipinski definition) is 0. The number of benzene rings is 6. The van der Waals surface area contributed by atoms with Gasteiger partial charge in [0.2, 0.25) is 0 Å². The molecule has 0 unspecified atom stereocenters. The molecule has 0 saturated heterocycles. The van der Waals surface area contributed by atoms with Gasteiger partial charge in [0, 0.05) is 33.5 Å². The average molecular weight is 599 g/mol. The molecule has 0 radical (unpaired) electrons. The second kappa shape index (κ2) is 12.8. The van der Waals surface area contributed by atoms with E-state index in [1.54, 1.807) is 0 Å². The van der Waals surface area contributed by atoms with Gasteiger partial charge in [-0.2, -0.15) is 0 Å². The van der Waals surface area contributed by atoms with Crippen molar-refractivity contribution in [2.45, 2.75) is 12.3 Å². The first-order chi connectivity index (χ1) is 21.0. The minimum atomic E-state index is -2.86. The molecule has 0 fully saturated rings. The normalized spacial score (nSPS) is 11.6. The lowest BCUT2D eigenvalue weighted by Gasteiger charge is -2.20. The van der Waals surface area contributed by atoms with Crippen LogP contribution >= 0.6 is 14.3 Å². The van der Waals surface area contributed by atoms with Crippen molar-refractivity contribution in [2.24, 2.45) is 0 Å². The lowest BCUT2D eigenvalue weighted by atomic mass is 10.2. The highest BCUT2D eigenvalue weighted by atomic mass is 31.2. The summed E-state index contributed by atoms with van der Waals surface area (Å²) in [7, 11) is -5.72. The van der Waals surface area contributed by atoms with Crippen LogP contribution in [0.3, 0.4) is 0 Å². The zero-order valence-corrected chi connectivity index (χ0v) is 25.5. The van der Waals surface area contributed by atoms with E-state index in [-0.39, 0.29) is 0 Å². The molecule has 0 amide bonds. The molecule has 0 heterocycles. The van der Waals surface area contributed by atoms with Gasteiger partial charge >= 0.3 is 0 Å². The molecule has 0 N–H and O–H groups in total. The molecule has 6 aromatic carbocycles. The average Bonchev–Trinajstić information content (AvgIpc) is 3.08. The Morgan fingerprint density at radius 1 is 0.349 bits per heavy atom. The fourth-order valence-electron chi connectivity index (χ4n) is 5.31. The summed E-state index contributed by atoms with van der Waals surface area (Å²) in [6, 6.07) is 54.5. The quantitative estimate of drug-likeness (QED) is 0.149. The van der Waals surface area contributed by atoms with Crippen LogP contribution < -0.4 is 26.0 Å². The summed E-state index contributed by atoms with van der Waals surface area (Å²) in [5, 5.41) is 3.41. The molecule has 0 aliphatic heterocycles. The second-order valence-corrected chi connectivity index (χ2v) is 16.2. The highest BCUT2D eigenvalue weighted by Crippen LogP contribution is 2.48. The molecule has 3 nitrogen and oxygen atoms in total. The van der Waals surface area contributed by atoms with E-state index in [1.165, 1.54) is 0 Å². The van der Waals surface area contributed by atoms with E-state index in [4.69, 9.17) is 4.74 Å². The van der Waals surface area contributed by atoms with Gasteiger partial charge in [0.05, 0.1) is 0 Å². The van der Waals surface area contributed by atoms with Gasteiger partial charge in [-0.25, -0.2) is 0 Å². The summed E-state index contributed by atoms with van der Waals surface area (Å²) in [4.78, 5) is 0. The molecule has 0 aliphatic rings. The van der Waals surface area contributed by atoms with Crippen molar-refractivity contribution < 1.29 is 13.9 Å². The van der Waals surface area contributed by atoms with Crippen LogP contribution in [0.1, 0.15) is 11.1 Å². The van der Waals surface area contributed by atoms with Crippen LogP contribution in [-0.4, -0.2) is 0 Å². The first-order valence-corrected chi connectivity index (χ1v) is 18.1. The van der Waals surface area contributed by atoms with E-state index in [1.807, 2.05) is 170 Å². The van der Waals surface area contributed by atoms with Crippen molar-refractivity contribution in [3.8, 4) is 11.5 Å². The fourth-order valence-corrected chi connectivity index (χ4v) is 10.7. The Balaban J connectivity index is 1.18. The molecule has 43 heavy (non-hydrogen) atoms. The van der Waals surface area contributed by atoms with Gasteiger partial charge in [-0.15, -0.1) is 0 Å². The topological polar surface area (TPSA) is 43.4 Å². The van der Waals surface area contributed by atoms with Crippen molar-refractivity contribution in [3.05, 3.63) is 181 Å². The summed E-state index contributed by atoms with van der Waals surface area (Å²) in [6.07, 6.45) is 0.859. The summed E-state index contributed by atoms with van der Waals surface area (Å²) < 4.78 is 35.0. The van der Waals surface area contributed by atoms with Gasteiger partial charge in [-0.3, -0.25) is 0 Å². The van der Waals surface area contributed by atoms with Gasteiger partial charge in [0.15, 0.2) is 0 Å². The largest absolute Gasteiger partial charge is 0.457 e. The summed E-state index contributed by atoms with van der Waals surface area (Å²) >= 11 is 0. The maximum Gasteiger partial charge on any atom is 0.147 e. The molecule has 0 aliphatic carbocycles. The van der Waals surface area contributed by atoms with Gasteiger partial charge in [0.25, 0.3) is 0 Å². The molecular formula is C38H32O3P2. The van der Waals surface area contributed by atoms with E-state index in [2.05, 4.69) is 0 Å². The molecule has 0 bridgehead atoms. The van der Waals surface area contributed by atoms with Crippen molar-refractivity contribution in [3.63, 3.8) is 0 Å². The maximum atomic E-state index is 14.4. The Morgan fingerprint density at radius 3 is 0.860 bits per heavy atom. The molecule has 0 aromatic heterocycles.